The number of H-pyrrole nitrogens is 1. The molecule has 26 heavy (non-hydrogen) atoms. The lowest BCUT2D eigenvalue weighted by atomic mass is 10.1. The highest BCUT2D eigenvalue weighted by Crippen LogP contribution is 2.28. The van der Waals surface area contributed by atoms with Crippen LogP contribution < -0.4 is 5.32 Å². The van der Waals surface area contributed by atoms with Gasteiger partial charge in [-0.3, -0.25) is 4.99 Å². The standard InChI is InChI=1S/C20H30N4O.HI/c1-15-5-4-6-18-19(15)17(13-23-18)9-10-22-20(21-2)24(3)11-12-25-14-16-7-8-16;/h4-6,13,16,23H,7-12,14H2,1-3H3,(H,21,22);1H. The molecule has 2 aromatic rings. The van der Waals surface area contributed by atoms with Crippen LogP contribution in [0.1, 0.15) is 24.0 Å². The predicted molar refractivity (Wildman–Crippen MR) is 120 cm³/mol. The molecule has 6 heteroatoms. The van der Waals surface area contributed by atoms with Crippen molar-refractivity contribution < 1.29 is 4.74 Å². The van der Waals surface area contributed by atoms with E-state index >= 15 is 0 Å². The molecule has 144 valence electrons. The zero-order valence-corrected chi connectivity index (χ0v) is 18.4. The molecule has 0 unspecified atom stereocenters. The summed E-state index contributed by atoms with van der Waals surface area (Å²) in [6, 6.07) is 6.40. The Kier molecular flexibility index (Phi) is 8.21. The van der Waals surface area contributed by atoms with E-state index in [1.54, 1.807) is 0 Å². The van der Waals surface area contributed by atoms with Crippen molar-refractivity contribution in [1.82, 2.24) is 15.2 Å². The minimum atomic E-state index is 0. The molecular formula is C20H31IN4O. The summed E-state index contributed by atoms with van der Waals surface area (Å²) in [7, 11) is 3.89. The van der Waals surface area contributed by atoms with E-state index in [1.807, 2.05) is 7.05 Å². The van der Waals surface area contributed by atoms with Gasteiger partial charge in [-0.25, -0.2) is 0 Å². The zero-order chi connectivity index (χ0) is 17.6. The number of hydrogen-bond acceptors (Lipinski definition) is 2. The van der Waals surface area contributed by atoms with Crippen LogP contribution in [0.5, 0.6) is 0 Å². The second-order valence-corrected chi connectivity index (χ2v) is 6.98. The Balaban J connectivity index is 0.00000243. The van der Waals surface area contributed by atoms with Crippen molar-refractivity contribution in [2.24, 2.45) is 10.9 Å². The van der Waals surface area contributed by atoms with E-state index in [9.17, 15) is 0 Å². The molecule has 0 saturated heterocycles. The first kappa shape index (κ1) is 21.0. The molecule has 0 aliphatic heterocycles. The summed E-state index contributed by atoms with van der Waals surface area (Å²) in [6.07, 6.45) is 5.77. The second-order valence-electron chi connectivity index (χ2n) is 6.98. The number of aromatic nitrogens is 1. The van der Waals surface area contributed by atoms with Gasteiger partial charge >= 0.3 is 0 Å². The van der Waals surface area contributed by atoms with Crippen molar-refractivity contribution in [2.45, 2.75) is 26.2 Å². The van der Waals surface area contributed by atoms with Gasteiger partial charge < -0.3 is 19.9 Å². The van der Waals surface area contributed by atoms with Crippen LogP contribution in [-0.2, 0) is 11.2 Å². The molecule has 1 heterocycles. The summed E-state index contributed by atoms with van der Waals surface area (Å²) in [5.41, 5.74) is 3.89. The van der Waals surface area contributed by atoms with Crippen molar-refractivity contribution in [1.29, 1.82) is 0 Å². The smallest absolute Gasteiger partial charge is 0.193 e. The molecule has 1 aromatic carbocycles. The van der Waals surface area contributed by atoms with E-state index in [0.717, 1.165) is 44.6 Å². The number of guanidine groups is 1. The number of halogens is 1. The fourth-order valence-corrected chi connectivity index (χ4v) is 3.18. The number of aryl methyl sites for hydroxylation is 1. The average Bonchev–Trinajstić information content (AvgIpc) is 3.34. The molecule has 5 nitrogen and oxygen atoms in total. The van der Waals surface area contributed by atoms with E-state index in [1.165, 1.54) is 34.9 Å². The normalized spacial score (nSPS) is 14.3. The number of benzene rings is 1. The van der Waals surface area contributed by atoms with Gasteiger partial charge in [-0.05, 0) is 49.3 Å². The molecule has 1 fully saturated rings. The highest BCUT2D eigenvalue weighted by molar-refractivity contribution is 14.0. The van der Waals surface area contributed by atoms with Crippen LogP contribution >= 0.6 is 24.0 Å². The number of likely N-dealkylation sites (N-methyl/N-ethyl adjacent to an activating group) is 1. The van der Waals surface area contributed by atoms with E-state index in [0.29, 0.717) is 0 Å². The van der Waals surface area contributed by atoms with Crippen molar-refractivity contribution >= 4 is 40.8 Å². The summed E-state index contributed by atoms with van der Waals surface area (Å²) < 4.78 is 5.72. The summed E-state index contributed by atoms with van der Waals surface area (Å²) >= 11 is 0. The summed E-state index contributed by atoms with van der Waals surface area (Å²) in [4.78, 5) is 9.88. The number of rotatable bonds is 8. The first-order chi connectivity index (χ1) is 12.2. The van der Waals surface area contributed by atoms with Gasteiger partial charge in [-0.2, -0.15) is 0 Å². The summed E-state index contributed by atoms with van der Waals surface area (Å²) in [6.45, 7) is 5.57. The van der Waals surface area contributed by atoms with E-state index in [-0.39, 0.29) is 24.0 Å². The molecule has 1 aromatic heterocycles. The highest BCUT2D eigenvalue weighted by Gasteiger charge is 2.21. The number of aliphatic imine (C=N–C) groups is 1. The molecule has 0 amide bonds. The quantitative estimate of drug-likeness (QED) is 0.269. The Morgan fingerprint density at radius 1 is 1.38 bits per heavy atom. The molecule has 0 radical (unpaired) electrons. The Hall–Kier alpha value is -1.28. The van der Waals surface area contributed by atoms with E-state index < -0.39 is 0 Å². The molecule has 1 saturated carbocycles. The largest absolute Gasteiger partial charge is 0.379 e. The lowest BCUT2D eigenvalue weighted by molar-refractivity contribution is 0.115. The number of ether oxygens (including phenoxy) is 1. The van der Waals surface area contributed by atoms with Gasteiger partial charge in [0.25, 0.3) is 0 Å². The fraction of sp³-hybridized carbons (Fsp3) is 0.550. The second kappa shape index (κ2) is 10.2. The average molecular weight is 470 g/mol. The van der Waals surface area contributed by atoms with Crippen LogP contribution in [-0.4, -0.2) is 56.2 Å². The topological polar surface area (TPSA) is 52.7 Å². The summed E-state index contributed by atoms with van der Waals surface area (Å²) in [5.74, 6) is 1.74. The molecular weight excluding hydrogens is 439 g/mol. The van der Waals surface area contributed by atoms with Crippen molar-refractivity contribution in [2.75, 3.05) is 40.4 Å². The monoisotopic (exact) mass is 470 g/mol. The number of nitrogens with one attached hydrogen (secondary N) is 2. The van der Waals surface area contributed by atoms with Gasteiger partial charge in [-0.15, -0.1) is 24.0 Å². The third-order valence-corrected chi connectivity index (χ3v) is 4.87. The molecule has 0 atom stereocenters. The van der Waals surface area contributed by atoms with Crippen LogP contribution in [0.4, 0.5) is 0 Å². The minimum Gasteiger partial charge on any atom is -0.379 e. The first-order valence-electron chi connectivity index (χ1n) is 9.24. The van der Waals surface area contributed by atoms with Crippen LogP contribution in [0.25, 0.3) is 10.9 Å². The molecule has 3 rings (SSSR count). The maximum atomic E-state index is 5.72. The van der Waals surface area contributed by atoms with Gasteiger partial charge in [0.05, 0.1) is 6.61 Å². The van der Waals surface area contributed by atoms with Gasteiger partial charge in [0, 0.05) is 50.9 Å². The number of hydrogen-bond donors (Lipinski definition) is 2. The minimum absolute atomic E-state index is 0. The summed E-state index contributed by atoms with van der Waals surface area (Å²) in [5, 5.41) is 4.81. The van der Waals surface area contributed by atoms with Gasteiger partial charge in [0.15, 0.2) is 5.96 Å². The van der Waals surface area contributed by atoms with Crippen LogP contribution in [0.15, 0.2) is 29.4 Å². The van der Waals surface area contributed by atoms with Gasteiger partial charge in [-0.1, -0.05) is 12.1 Å². The molecule has 0 bridgehead atoms. The lowest BCUT2D eigenvalue weighted by Gasteiger charge is -2.22. The predicted octanol–water partition coefficient (Wildman–Crippen LogP) is 3.57. The third-order valence-electron chi connectivity index (χ3n) is 4.87. The Labute approximate surface area is 173 Å². The molecule has 2 N–H and O–H groups in total. The van der Waals surface area contributed by atoms with E-state index in [2.05, 4.69) is 58.6 Å². The van der Waals surface area contributed by atoms with Crippen molar-refractivity contribution in [3.8, 4) is 0 Å². The maximum absolute atomic E-state index is 5.72. The molecule has 0 spiro atoms. The SMILES string of the molecule is CN=C(NCCc1c[nH]c2cccc(C)c12)N(C)CCOCC1CC1.I. The van der Waals surface area contributed by atoms with Crippen LogP contribution in [0, 0.1) is 12.8 Å². The van der Waals surface area contributed by atoms with E-state index in [4.69, 9.17) is 4.74 Å². The highest BCUT2D eigenvalue weighted by atomic mass is 127. The zero-order valence-electron chi connectivity index (χ0n) is 16.0. The maximum Gasteiger partial charge on any atom is 0.193 e. The third kappa shape index (κ3) is 5.61. The Bertz CT molecular complexity index is 724. The number of fused-ring (bicyclic) bond motifs is 1. The number of aromatic amines is 1. The molecule has 1 aliphatic carbocycles. The van der Waals surface area contributed by atoms with Gasteiger partial charge in [0.1, 0.15) is 0 Å². The van der Waals surface area contributed by atoms with Crippen LogP contribution in [0.3, 0.4) is 0 Å². The van der Waals surface area contributed by atoms with Gasteiger partial charge in [0.2, 0.25) is 0 Å². The number of nitrogens with zero attached hydrogens (tertiary/aromatic N) is 2. The lowest BCUT2D eigenvalue weighted by Crippen LogP contribution is -2.41. The Morgan fingerprint density at radius 2 is 2.19 bits per heavy atom. The van der Waals surface area contributed by atoms with Crippen LogP contribution in [0.2, 0.25) is 0 Å². The molecule has 1 aliphatic rings. The Morgan fingerprint density at radius 3 is 2.92 bits per heavy atom. The van der Waals surface area contributed by atoms with Crippen molar-refractivity contribution in [3.05, 3.63) is 35.5 Å². The first-order valence-corrected chi connectivity index (χ1v) is 9.24. The van der Waals surface area contributed by atoms with Crippen molar-refractivity contribution in [3.63, 3.8) is 0 Å². The fourth-order valence-electron chi connectivity index (χ4n) is 3.18.